The van der Waals surface area contributed by atoms with Crippen molar-refractivity contribution >= 4 is 35.2 Å². The number of benzene rings is 2. The lowest BCUT2D eigenvalue weighted by molar-refractivity contribution is -0.157. The van der Waals surface area contributed by atoms with Crippen molar-refractivity contribution in [3.05, 3.63) is 78.0 Å². The van der Waals surface area contributed by atoms with Crippen LogP contribution in [0.15, 0.2) is 66.9 Å². The minimum Gasteiger partial charge on any atom is -0.457 e. The van der Waals surface area contributed by atoms with Crippen LogP contribution < -0.4 is 5.32 Å². The second-order valence-electron chi connectivity index (χ2n) is 10.0. The van der Waals surface area contributed by atoms with Gasteiger partial charge in [-0.25, -0.2) is 4.79 Å². The van der Waals surface area contributed by atoms with E-state index in [4.69, 9.17) is 4.74 Å². The molecule has 0 fully saturated rings. The van der Waals surface area contributed by atoms with E-state index in [2.05, 4.69) is 5.32 Å². The summed E-state index contributed by atoms with van der Waals surface area (Å²) in [6, 6.07) is 16.0. The number of hydrogen-bond acceptors (Lipinski definition) is 6. The van der Waals surface area contributed by atoms with Gasteiger partial charge in [0.2, 0.25) is 11.8 Å². The third-order valence-corrected chi connectivity index (χ3v) is 6.22. The van der Waals surface area contributed by atoms with Crippen molar-refractivity contribution in [1.82, 2.24) is 15.1 Å². The Balaban J connectivity index is 1.92. The van der Waals surface area contributed by atoms with Gasteiger partial charge in [0.15, 0.2) is 0 Å². The van der Waals surface area contributed by atoms with Crippen molar-refractivity contribution in [1.29, 1.82) is 0 Å². The highest BCUT2D eigenvalue weighted by atomic mass is 16.5. The van der Waals surface area contributed by atoms with E-state index in [1.807, 2.05) is 26.0 Å². The Morgan fingerprint density at radius 2 is 1.51 bits per heavy atom. The summed E-state index contributed by atoms with van der Waals surface area (Å²) in [6.07, 6.45) is 1.15. The second-order valence-corrected chi connectivity index (χ2v) is 10.0. The van der Waals surface area contributed by atoms with Crippen molar-refractivity contribution in [3.63, 3.8) is 0 Å². The largest absolute Gasteiger partial charge is 0.457 e. The van der Waals surface area contributed by atoms with E-state index in [0.29, 0.717) is 11.3 Å². The van der Waals surface area contributed by atoms with Crippen LogP contribution in [0, 0.1) is 5.92 Å². The van der Waals surface area contributed by atoms with Gasteiger partial charge in [-0.3, -0.25) is 24.1 Å². The number of esters is 1. The van der Waals surface area contributed by atoms with Crippen LogP contribution in [0.3, 0.4) is 0 Å². The van der Waals surface area contributed by atoms with Crippen LogP contribution in [0.5, 0.6) is 0 Å². The summed E-state index contributed by atoms with van der Waals surface area (Å²) in [5.41, 5.74) is 1.77. The number of hydrogen-bond donors (Lipinski definition) is 1. The molecule has 2 atom stereocenters. The third kappa shape index (κ3) is 7.40. The van der Waals surface area contributed by atoms with Gasteiger partial charge < -0.3 is 15.0 Å². The van der Waals surface area contributed by atoms with Crippen molar-refractivity contribution < 1.29 is 28.7 Å². The Kier molecular flexibility index (Phi) is 9.76. The summed E-state index contributed by atoms with van der Waals surface area (Å²) in [5.74, 6) is -3.48. The van der Waals surface area contributed by atoms with E-state index in [1.165, 1.54) is 16.7 Å². The number of rotatable bonds is 10. The fourth-order valence-electron chi connectivity index (χ4n) is 4.43. The maximum Gasteiger partial charge on any atom is 0.377 e. The van der Waals surface area contributed by atoms with Crippen LogP contribution in [0.1, 0.15) is 45.7 Å². The monoisotopic (exact) mass is 533 g/mol. The molecule has 206 valence electrons. The first-order chi connectivity index (χ1) is 18.5. The first kappa shape index (κ1) is 29.3. The molecule has 1 aliphatic rings. The molecule has 0 aromatic heterocycles. The lowest BCUT2D eigenvalue weighted by atomic mass is 9.97. The molecule has 0 saturated carbocycles. The molecule has 1 heterocycles. The third-order valence-electron chi connectivity index (χ3n) is 6.22. The van der Waals surface area contributed by atoms with Gasteiger partial charge in [-0.2, -0.15) is 0 Å². The molecule has 3 rings (SSSR count). The zero-order chi connectivity index (χ0) is 28.7. The molecule has 0 radical (unpaired) electrons. The number of amides is 3. The number of carbonyl (C=O) groups excluding carboxylic acids is 5. The Morgan fingerprint density at radius 3 is 2.05 bits per heavy atom. The Bertz CT molecular complexity index is 1240. The van der Waals surface area contributed by atoms with Gasteiger partial charge >= 0.3 is 5.97 Å². The smallest absolute Gasteiger partial charge is 0.377 e. The van der Waals surface area contributed by atoms with Gasteiger partial charge in [-0.05, 0) is 30.9 Å². The number of Topliss-reactive ketones (excluding diaryl/α,β-unsaturated/α-hetero) is 1. The van der Waals surface area contributed by atoms with E-state index < -0.39 is 48.3 Å². The number of ether oxygens (including phenoxy) is 1. The molecule has 0 aliphatic carbocycles. The molecule has 0 saturated heterocycles. The molecule has 9 heteroatoms. The number of carbonyl (C=O) groups is 5. The molecule has 0 spiro atoms. The number of ketones is 1. The van der Waals surface area contributed by atoms with Crippen LogP contribution in [-0.2, 0) is 35.1 Å². The van der Waals surface area contributed by atoms with Crippen LogP contribution in [0.4, 0.5) is 0 Å². The summed E-state index contributed by atoms with van der Waals surface area (Å²) in [6.45, 7) is 7.89. The van der Waals surface area contributed by atoms with E-state index in [9.17, 15) is 24.0 Å². The fraction of sp³-hybridized carbons (Fsp3) is 0.367. The molecule has 2 aromatic rings. The average Bonchev–Trinajstić information content (AvgIpc) is 2.89. The molecular formula is C30H35N3O6. The zero-order valence-corrected chi connectivity index (χ0v) is 22.9. The van der Waals surface area contributed by atoms with Gasteiger partial charge in [0.05, 0.1) is 11.8 Å². The molecule has 1 unspecified atom stereocenters. The second kappa shape index (κ2) is 13.0. The van der Waals surface area contributed by atoms with Crippen molar-refractivity contribution in [2.24, 2.45) is 5.92 Å². The summed E-state index contributed by atoms with van der Waals surface area (Å²) in [7, 11) is 0. The lowest BCUT2D eigenvalue weighted by Gasteiger charge is -2.40. The average molecular weight is 534 g/mol. The van der Waals surface area contributed by atoms with Gasteiger partial charge in [-0.15, -0.1) is 0 Å². The highest BCUT2D eigenvalue weighted by Crippen LogP contribution is 2.30. The molecule has 9 nitrogen and oxygen atoms in total. The Morgan fingerprint density at radius 1 is 0.923 bits per heavy atom. The predicted octanol–water partition coefficient (Wildman–Crippen LogP) is 2.95. The predicted molar refractivity (Wildman–Crippen MR) is 146 cm³/mol. The molecule has 2 aromatic carbocycles. The zero-order valence-electron chi connectivity index (χ0n) is 22.9. The van der Waals surface area contributed by atoms with Gasteiger partial charge in [0, 0.05) is 19.5 Å². The minimum absolute atomic E-state index is 0.0701. The topological polar surface area (TPSA) is 113 Å². The number of nitrogens with zero attached hydrogens (tertiary/aromatic N) is 2. The van der Waals surface area contributed by atoms with Crippen LogP contribution in [0.2, 0.25) is 0 Å². The van der Waals surface area contributed by atoms with Crippen LogP contribution in [-0.4, -0.2) is 64.0 Å². The van der Waals surface area contributed by atoms with Crippen molar-refractivity contribution in [3.8, 4) is 0 Å². The maximum atomic E-state index is 13.7. The molecule has 39 heavy (non-hydrogen) atoms. The van der Waals surface area contributed by atoms with Gasteiger partial charge in [0.1, 0.15) is 18.6 Å². The number of nitrogens with one attached hydrogen (secondary N) is 1. The first-order valence-electron chi connectivity index (χ1n) is 12.9. The quantitative estimate of drug-likeness (QED) is 0.371. The van der Waals surface area contributed by atoms with E-state index in [0.717, 1.165) is 5.56 Å². The van der Waals surface area contributed by atoms with Gasteiger partial charge in [-0.1, -0.05) is 74.5 Å². The van der Waals surface area contributed by atoms with Crippen molar-refractivity contribution in [2.75, 3.05) is 6.54 Å². The van der Waals surface area contributed by atoms with E-state index in [-0.39, 0.29) is 18.2 Å². The summed E-state index contributed by atoms with van der Waals surface area (Å²) < 4.78 is 5.08. The SMILES string of the molecule is CC(=O)N1C=C(c2ccccc2)N(CC(=O)N[C@H](Cc2ccccc2)C(=O)C(=O)OC(C)C)C(=O)C1C(C)C. The Labute approximate surface area is 228 Å². The molecule has 0 bridgehead atoms. The fourth-order valence-corrected chi connectivity index (χ4v) is 4.43. The Hall–Kier alpha value is -4.27. The highest BCUT2D eigenvalue weighted by molar-refractivity contribution is 6.36. The maximum absolute atomic E-state index is 13.7. The summed E-state index contributed by atoms with van der Waals surface area (Å²) >= 11 is 0. The molecule has 3 amide bonds. The standard InChI is InChI=1S/C30H35N3O6/c1-19(2)27-29(37)33(25(17-32(27)21(5)34)23-14-10-7-11-15-23)18-26(35)31-24(16-22-12-8-6-9-13-22)28(36)30(38)39-20(3)4/h6-15,17,19-20,24,27H,16,18H2,1-5H3,(H,31,35)/t24-,27?/m1/s1. The molecule has 1 N–H and O–H groups in total. The lowest BCUT2D eigenvalue weighted by Crippen LogP contribution is -2.57. The molecule has 1 aliphatic heterocycles. The van der Waals surface area contributed by atoms with E-state index >= 15 is 0 Å². The summed E-state index contributed by atoms with van der Waals surface area (Å²) in [4.78, 5) is 67.7. The van der Waals surface area contributed by atoms with Crippen LogP contribution in [0.25, 0.3) is 5.70 Å². The molecular weight excluding hydrogens is 498 g/mol. The van der Waals surface area contributed by atoms with Crippen molar-refractivity contribution in [2.45, 2.75) is 59.2 Å². The minimum atomic E-state index is -1.19. The van der Waals surface area contributed by atoms with E-state index in [1.54, 1.807) is 68.6 Å². The first-order valence-corrected chi connectivity index (χ1v) is 12.9. The van der Waals surface area contributed by atoms with Crippen LogP contribution >= 0.6 is 0 Å². The normalized spacial score (nSPS) is 16.1. The summed E-state index contributed by atoms with van der Waals surface area (Å²) in [5, 5.41) is 2.65. The van der Waals surface area contributed by atoms with Gasteiger partial charge in [0.25, 0.3) is 11.7 Å². The highest BCUT2D eigenvalue weighted by Gasteiger charge is 2.40.